The maximum absolute atomic E-state index is 10.3. The molecule has 5 nitrogen and oxygen atoms in total. The third-order valence-corrected chi connectivity index (χ3v) is 15.8. The van der Waals surface area contributed by atoms with Crippen LogP contribution in [0.3, 0.4) is 0 Å². The summed E-state index contributed by atoms with van der Waals surface area (Å²) in [5.41, 5.74) is 4.92. The van der Waals surface area contributed by atoms with Gasteiger partial charge in [0, 0.05) is 40.1 Å². The number of fused-ring (bicyclic) bond motifs is 4. The largest absolute Gasteiger partial charge is 0.397 e. The molecule has 0 bridgehead atoms. The van der Waals surface area contributed by atoms with Gasteiger partial charge < -0.3 is 14.5 Å². The lowest BCUT2D eigenvalue weighted by Crippen LogP contribution is -2.33. The Kier molecular flexibility index (Phi) is 9.76. The number of para-hydroxylation sites is 3. The fraction of sp³-hybridized carbons (Fsp3) is 0.320. The predicted octanol–water partition coefficient (Wildman–Crippen LogP) is 19.3. The maximum atomic E-state index is 10.3. The fourth-order valence-corrected chi connectivity index (χ4v) is 11.6. The molecular formula is C75H79N4O+. The summed E-state index contributed by atoms with van der Waals surface area (Å²) in [6, 6.07) is 29.2. The van der Waals surface area contributed by atoms with Gasteiger partial charge in [-0.2, -0.15) is 0 Å². The van der Waals surface area contributed by atoms with Gasteiger partial charge in [0.2, 0.25) is 5.76 Å². The molecule has 2 atom stereocenters. The highest BCUT2D eigenvalue weighted by molar-refractivity contribution is 5.99. The molecule has 5 aliphatic rings. The summed E-state index contributed by atoms with van der Waals surface area (Å²) in [6.07, 6.45) is 5.85. The van der Waals surface area contributed by atoms with Crippen molar-refractivity contribution in [3.05, 3.63) is 233 Å². The molecule has 2 unspecified atom stereocenters. The van der Waals surface area contributed by atoms with E-state index in [2.05, 4.69) is 38.7 Å². The van der Waals surface area contributed by atoms with Crippen LogP contribution in [0.4, 0.5) is 28.6 Å². The standard InChI is InChI=1S/C75H79N4O/c1-49(2)38-53-43-70(76-47-63(53)51-22-14-13-15-23-51)79-66-29-17-16-26-61(66)62-34-33-58(45-69(62)79)80-57-25-20-24-56(44-57)77-48-78(68-31-19-18-30-67(68)77)71-59(52-32-35-64-65(42-52)75(11,12)37-36-74(64,9)10)27-21-28-60(71)54-39-50(46-72(3,4)5)40-55(41-54)73(6,7)8/h13-33,35,39-45,47,49,61,66H,36-38,46,48H2,1-12H3/q+1/i16D,17D,26D,29D,32D,35D,38D2,39D,40D,41D,42D,46D2. The van der Waals surface area contributed by atoms with Crippen LogP contribution >= 0.6 is 0 Å². The van der Waals surface area contributed by atoms with Crippen LogP contribution in [0.2, 0.25) is 0 Å². The molecule has 7 aromatic rings. The lowest BCUT2D eigenvalue weighted by molar-refractivity contribution is 0.332. The summed E-state index contributed by atoms with van der Waals surface area (Å²) in [5.74, 6) is -0.307. The quantitative estimate of drug-likeness (QED) is 0.121. The molecule has 2 aliphatic heterocycles. The summed E-state index contributed by atoms with van der Waals surface area (Å²) in [4.78, 5) is 10.8. The zero-order valence-electron chi connectivity index (χ0n) is 62.1. The Morgan fingerprint density at radius 1 is 0.725 bits per heavy atom. The van der Waals surface area contributed by atoms with E-state index >= 15 is 0 Å². The Balaban J connectivity index is 1.01. The molecule has 3 aliphatic carbocycles. The molecule has 0 radical (unpaired) electrons. The molecule has 3 heterocycles. The molecule has 0 amide bonds. The molecule has 404 valence electrons. The number of hydrogen-bond acceptors (Lipinski definition) is 5. The average Bonchev–Trinajstić information content (AvgIpc) is 1.16. The van der Waals surface area contributed by atoms with Gasteiger partial charge in [-0.05, 0) is 128 Å². The lowest BCUT2D eigenvalue weighted by atomic mass is 9.63. The lowest BCUT2D eigenvalue weighted by Gasteiger charge is -2.42. The van der Waals surface area contributed by atoms with E-state index in [-0.39, 0.29) is 95.2 Å². The number of ether oxygens (including phenoxy) is 1. The molecule has 0 spiro atoms. The molecule has 0 fully saturated rings. The summed E-state index contributed by atoms with van der Waals surface area (Å²) < 4.78 is 142. The smallest absolute Gasteiger partial charge is 0.244 e. The molecule has 0 saturated carbocycles. The summed E-state index contributed by atoms with van der Waals surface area (Å²) in [7, 11) is 0. The Labute approximate surface area is 497 Å². The molecule has 5 heteroatoms. The van der Waals surface area contributed by atoms with E-state index in [1.807, 2.05) is 124 Å². The number of aromatic nitrogens is 1. The summed E-state index contributed by atoms with van der Waals surface area (Å²) in [5, 5.41) is 0. The second kappa shape index (κ2) is 20.1. The van der Waals surface area contributed by atoms with Crippen molar-refractivity contribution in [3.63, 3.8) is 0 Å². The Morgan fingerprint density at radius 3 is 2.16 bits per heavy atom. The van der Waals surface area contributed by atoms with Gasteiger partial charge in [0.05, 0.1) is 48.8 Å². The average molecular weight is 1070 g/mol. The number of allylic oxidation sites excluding steroid dienone is 5. The van der Waals surface area contributed by atoms with E-state index in [1.165, 1.54) is 0 Å². The minimum absolute atomic E-state index is 0.0354. The van der Waals surface area contributed by atoms with Gasteiger partial charge in [0.15, 0.2) is 5.70 Å². The van der Waals surface area contributed by atoms with Crippen LogP contribution in [0.15, 0.2) is 199 Å². The minimum atomic E-state index is -2.23. The van der Waals surface area contributed by atoms with E-state index < -0.39 is 52.3 Å². The number of hydrogen-bond donors (Lipinski definition) is 0. The minimum Gasteiger partial charge on any atom is -0.397 e. The third-order valence-electron chi connectivity index (χ3n) is 15.8. The molecule has 0 N–H and O–H groups in total. The van der Waals surface area contributed by atoms with Crippen molar-refractivity contribution in [2.75, 3.05) is 21.4 Å². The van der Waals surface area contributed by atoms with Crippen molar-refractivity contribution in [1.29, 1.82) is 0 Å². The van der Waals surface area contributed by atoms with Gasteiger partial charge in [-0.1, -0.05) is 210 Å². The molecule has 0 saturated heterocycles. The monoisotopic (exact) mass is 1070 g/mol. The van der Waals surface area contributed by atoms with Crippen molar-refractivity contribution in [2.24, 2.45) is 17.3 Å². The molecule has 80 heavy (non-hydrogen) atoms. The number of rotatable bonds is 11. The second-order valence-corrected chi connectivity index (χ2v) is 25.4. The molecular weight excluding hydrogens is 973 g/mol. The first-order valence-electron chi connectivity index (χ1n) is 35.0. The molecule has 12 rings (SSSR count). The van der Waals surface area contributed by atoms with E-state index in [1.54, 1.807) is 62.2 Å². The Hall–Kier alpha value is -7.72. The topological polar surface area (TPSA) is 31.8 Å². The van der Waals surface area contributed by atoms with Gasteiger partial charge in [-0.15, -0.1) is 0 Å². The number of nitrogens with zero attached hydrogens (tertiary/aromatic N) is 4. The van der Waals surface area contributed by atoms with Gasteiger partial charge in [-0.25, -0.2) is 4.98 Å². The van der Waals surface area contributed by atoms with Crippen molar-refractivity contribution in [1.82, 2.24) is 4.98 Å². The van der Waals surface area contributed by atoms with E-state index in [0.29, 0.717) is 73.2 Å². The van der Waals surface area contributed by atoms with Crippen LogP contribution in [0, 0.1) is 23.3 Å². The first kappa shape index (κ1) is 38.8. The number of benzene rings is 6. The van der Waals surface area contributed by atoms with Crippen LogP contribution in [-0.4, -0.2) is 17.7 Å². The van der Waals surface area contributed by atoms with Crippen LogP contribution in [0.25, 0.3) is 33.4 Å². The first-order valence-corrected chi connectivity index (χ1v) is 28.0. The van der Waals surface area contributed by atoms with E-state index in [0.717, 1.165) is 24.1 Å². The zero-order chi connectivity index (χ0) is 68.2. The Morgan fingerprint density at radius 2 is 1.43 bits per heavy atom. The van der Waals surface area contributed by atoms with Gasteiger partial charge >= 0.3 is 0 Å². The van der Waals surface area contributed by atoms with Crippen LogP contribution < -0.4 is 19.4 Å². The summed E-state index contributed by atoms with van der Waals surface area (Å²) >= 11 is 0. The first-order chi connectivity index (χ1) is 43.9. The van der Waals surface area contributed by atoms with Gasteiger partial charge in [0.25, 0.3) is 0 Å². The second-order valence-electron chi connectivity index (χ2n) is 25.4. The normalized spacial score (nSPS) is 22.1. The number of pyridine rings is 1. The zero-order valence-corrected chi connectivity index (χ0v) is 48.1. The third kappa shape index (κ3) is 10.0. The maximum Gasteiger partial charge on any atom is 0.244 e. The number of anilines is 5. The highest BCUT2D eigenvalue weighted by atomic mass is 16.5. The van der Waals surface area contributed by atoms with Crippen molar-refractivity contribution >= 4 is 28.6 Å². The van der Waals surface area contributed by atoms with Crippen molar-refractivity contribution in [2.45, 2.75) is 131 Å². The van der Waals surface area contributed by atoms with Crippen molar-refractivity contribution < 1.29 is 23.9 Å². The van der Waals surface area contributed by atoms with Gasteiger partial charge in [-0.3, -0.25) is 4.90 Å². The SMILES string of the molecule is [2H]C1=C([2H])C2C3=C(C=C(Oc4cccc(N5CN(c6c(-c7c([2H])c([2H])c8c(c7[2H])C(C)(C)CCC8(C)C)cccc6-c6c([2H])c(C(C)(C)C)c([2H])c(C([2H])([2H])C(C)(C)C)c6[2H])c6ccccc65)c4)C=[C+]3)N(c3cc(C([2H])([2H])C(C)C)c(-c4ccccc4)cn3)C2C([2H])=C1[2H]. The van der Waals surface area contributed by atoms with Crippen LogP contribution in [0.1, 0.15) is 143 Å². The Bertz CT molecular complexity index is 4490. The fourth-order valence-electron chi connectivity index (χ4n) is 11.6. The van der Waals surface area contributed by atoms with Crippen LogP contribution in [-0.2, 0) is 29.0 Å². The summed E-state index contributed by atoms with van der Waals surface area (Å²) in [6.45, 7) is 22.9. The van der Waals surface area contributed by atoms with E-state index in [9.17, 15) is 16.4 Å². The highest BCUT2D eigenvalue weighted by Crippen LogP contribution is 2.53. The van der Waals surface area contributed by atoms with Crippen molar-refractivity contribution in [3.8, 4) is 39.1 Å². The van der Waals surface area contributed by atoms with E-state index in [4.69, 9.17) is 12.5 Å². The predicted molar refractivity (Wildman–Crippen MR) is 336 cm³/mol. The molecule has 6 aromatic carbocycles. The molecule has 1 aromatic heterocycles. The van der Waals surface area contributed by atoms with Gasteiger partial charge in [0.1, 0.15) is 36.0 Å². The highest BCUT2D eigenvalue weighted by Gasteiger charge is 2.46. The van der Waals surface area contributed by atoms with Crippen LogP contribution in [0.5, 0.6) is 5.75 Å².